The summed E-state index contributed by atoms with van der Waals surface area (Å²) in [6.45, 7) is 4.13. The Morgan fingerprint density at radius 1 is 1.11 bits per heavy atom. The number of likely N-dealkylation sites (tertiary alicyclic amines) is 2. The molecule has 3 fully saturated rings. The van der Waals surface area contributed by atoms with Crippen LogP contribution in [0.2, 0.25) is 0 Å². The van der Waals surface area contributed by atoms with Gasteiger partial charge in [-0.05, 0) is 74.8 Å². The van der Waals surface area contributed by atoms with Gasteiger partial charge in [0.05, 0.1) is 36.6 Å². The SMILES string of the molecule is CCN1C(=O)[C@@H](NC(=O)c2cccc(C(F)(F)F)c2)[C@@H](c2ccc(F)cc2)/C(=C(/N)C(=O)N2CCC[C@H]2C#N)C1=Nc1cccc(OCCN(C)C2COC2)c1. The normalized spacial score (nSPS) is 21.9. The van der Waals surface area contributed by atoms with E-state index in [4.69, 9.17) is 20.2 Å². The first-order valence-electron chi connectivity index (χ1n) is 18.2. The van der Waals surface area contributed by atoms with Gasteiger partial charge in [0, 0.05) is 42.8 Å². The number of nitriles is 1. The third-order valence-electron chi connectivity index (χ3n) is 10.1. The number of alkyl halides is 3. The summed E-state index contributed by atoms with van der Waals surface area (Å²) in [5.74, 6) is -3.91. The highest BCUT2D eigenvalue weighted by atomic mass is 19.4. The lowest BCUT2D eigenvalue weighted by Gasteiger charge is -2.41. The molecule has 3 atom stereocenters. The van der Waals surface area contributed by atoms with Crippen molar-refractivity contribution >= 4 is 29.2 Å². The number of hydrogen-bond acceptors (Lipinski definition) is 9. The Hall–Kier alpha value is -5.79. The van der Waals surface area contributed by atoms with E-state index >= 15 is 0 Å². The minimum absolute atomic E-state index is 0.00310. The van der Waals surface area contributed by atoms with Crippen molar-refractivity contribution < 1.29 is 41.4 Å². The molecule has 56 heavy (non-hydrogen) atoms. The zero-order chi connectivity index (χ0) is 40.1. The van der Waals surface area contributed by atoms with Crippen molar-refractivity contribution in [3.63, 3.8) is 0 Å². The first-order valence-corrected chi connectivity index (χ1v) is 18.2. The van der Waals surface area contributed by atoms with E-state index in [-0.39, 0.29) is 41.3 Å². The van der Waals surface area contributed by atoms with Crippen molar-refractivity contribution in [1.82, 2.24) is 20.0 Å². The minimum Gasteiger partial charge on any atom is -0.492 e. The number of benzene rings is 3. The van der Waals surface area contributed by atoms with Crippen LogP contribution in [0.1, 0.15) is 47.2 Å². The van der Waals surface area contributed by atoms with E-state index in [2.05, 4.69) is 16.3 Å². The van der Waals surface area contributed by atoms with Gasteiger partial charge in [0.15, 0.2) is 0 Å². The summed E-state index contributed by atoms with van der Waals surface area (Å²) in [5.41, 5.74) is 5.55. The molecular weight excluding hydrogens is 734 g/mol. The number of halogens is 4. The number of hydrogen-bond donors (Lipinski definition) is 2. The smallest absolute Gasteiger partial charge is 0.416 e. The van der Waals surface area contributed by atoms with Gasteiger partial charge in [0.25, 0.3) is 17.7 Å². The standard InChI is InChI=1S/C40H41F4N7O5/c1-3-50-36(47-28-9-5-11-31(20-28)56-18-17-49(2)30-22-55-23-30)33(34(46)38(53)51-16-6-10-29(51)21-45)32(24-12-14-27(41)15-13-24)35(39(50)54)48-37(52)25-7-4-8-26(19-25)40(42,43)44/h4-5,7-9,11-15,19-20,29-30,32,35H,3,6,10,16-18,22-23,46H2,1-2H3,(H,48,52)/b34-33-,47-36?/t29-,32-,35-/m0/s1. The van der Waals surface area contributed by atoms with Crippen molar-refractivity contribution in [1.29, 1.82) is 5.26 Å². The Balaban J connectivity index is 1.46. The molecule has 12 nitrogen and oxygen atoms in total. The predicted molar refractivity (Wildman–Crippen MR) is 197 cm³/mol. The maximum absolute atomic E-state index is 14.6. The molecule has 3 amide bonds. The molecule has 3 aromatic rings. The lowest BCUT2D eigenvalue weighted by Crippen LogP contribution is -2.59. The number of carbonyl (C=O) groups excluding carboxylic acids is 3. The average Bonchev–Trinajstić information content (AvgIpc) is 3.64. The van der Waals surface area contributed by atoms with Crippen molar-refractivity contribution in [3.05, 3.63) is 107 Å². The molecule has 0 aliphatic carbocycles. The fourth-order valence-corrected chi connectivity index (χ4v) is 6.96. The van der Waals surface area contributed by atoms with Gasteiger partial charge in [0.1, 0.15) is 41.8 Å². The minimum atomic E-state index is -4.75. The van der Waals surface area contributed by atoms with Crippen LogP contribution in [0.5, 0.6) is 5.75 Å². The highest BCUT2D eigenvalue weighted by Crippen LogP contribution is 2.39. The summed E-state index contributed by atoms with van der Waals surface area (Å²) in [7, 11) is 1.98. The van der Waals surface area contributed by atoms with E-state index in [0.717, 1.165) is 24.3 Å². The zero-order valence-electron chi connectivity index (χ0n) is 30.8. The number of rotatable bonds is 11. The van der Waals surface area contributed by atoms with Gasteiger partial charge in [-0.2, -0.15) is 18.4 Å². The van der Waals surface area contributed by atoms with Crippen molar-refractivity contribution in [3.8, 4) is 11.8 Å². The van der Waals surface area contributed by atoms with Crippen LogP contribution in [0.3, 0.4) is 0 Å². The topological polar surface area (TPSA) is 154 Å². The summed E-state index contributed by atoms with van der Waals surface area (Å²) < 4.78 is 66.5. The summed E-state index contributed by atoms with van der Waals surface area (Å²) in [4.78, 5) is 52.1. The van der Waals surface area contributed by atoms with E-state index in [1.165, 1.54) is 28.0 Å². The molecule has 3 aliphatic heterocycles. The maximum Gasteiger partial charge on any atom is 0.416 e. The quantitative estimate of drug-likeness (QED) is 0.209. The van der Waals surface area contributed by atoms with Crippen LogP contribution in [0.4, 0.5) is 23.2 Å². The molecule has 0 radical (unpaired) electrons. The van der Waals surface area contributed by atoms with Crippen molar-refractivity contribution in [2.45, 2.75) is 50.0 Å². The maximum atomic E-state index is 14.6. The lowest BCUT2D eigenvalue weighted by atomic mass is 9.78. The molecule has 0 bridgehead atoms. The molecule has 0 spiro atoms. The van der Waals surface area contributed by atoms with Crippen LogP contribution in [-0.4, -0.2) is 103 Å². The van der Waals surface area contributed by atoms with E-state index in [0.29, 0.717) is 62.8 Å². The Bertz CT molecular complexity index is 2060. The summed E-state index contributed by atoms with van der Waals surface area (Å²) in [6.07, 6.45) is -3.79. The van der Waals surface area contributed by atoms with Crippen LogP contribution >= 0.6 is 0 Å². The number of likely N-dealkylation sites (N-methyl/N-ethyl adjacent to an activating group) is 2. The molecule has 294 valence electrons. The summed E-state index contributed by atoms with van der Waals surface area (Å²) >= 11 is 0. The lowest BCUT2D eigenvalue weighted by molar-refractivity contribution is -0.137. The highest BCUT2D eigenvalue weighted by molar-refractivity contribution is 6.18. The molecule has 3 aromatic carbocycles. The van der Waals surface area contributed by atoms with Crippen LogP contribution < -0.4 is 15.8 Å². The molecular formula is C40H41F4N7O5. The number of nitrogens with two attached hydrogens (primary N) is 1. The first-order chi connectivity index (χ1) is 26.8. The van der Waals surface area contributed by atoms with Crippen LogP contribution in [0, 0.1) is 17.1 Å². The fraction of sp³-hybridized carbons (Fsp3) is 0.375. The Kier molecular flexibility index (Phi) is 12.1. The van der Waals surface area contributed by atoms with Crippen molar-refractivity contribution in [2.24, 2.45) is 10.7 Å². The molecule has 3 aliphatic rings. The van der Waals surface area contributed by atoms with E-state index in [1.54, 1.807) is 31.2 Å². The molecule has 3 N–H and O–H groups in total. The first kappa shape index (κ1) is 39.9. The van der Waals surface area contributed by atoms with Gasteiger partial charge in [-0.15, -0.1) is 0 Å². The number of nitrogens with zero attached hydrogens (tertiary/aromatic N) is 5. The second-order valence-corrected chi connectivity index (χ2v) is 13.7. The van der Waals surface area contributed by atoms with Crippen LogP contribution in [0.25, 0.3) is 0 Å². The Morgan fingerprint density at radius 2 is 1.84 bits per heavy atom. The zero-order valence-corrected chi connectivity index (χ0v) is 30.8. The number of amidine groups is 1. The molecule has 6 rings (SSSR count). The van der Waals surface area contributed by atoms with Gasteiger partial charge in [-0.25, -0.2) is 9.38 Å². The van der Waals surface area contributed by atoms with Crippen LogP contribution in [-0.2, 0) is 20.5 Å². The van der Waals surface area contributed by atoms with Gasteiger partial charge in [0.2, 0.25) is 0 Å². The number of carbonyl (C=O) groups is 3. The second-order valence-electron chi connectivity index (χ2n) is 13.7. The van der Waals surface area contributed by atoms with E-state index < -0.39 is 53.3 Å². The molecule has 16 heteroatoms. The van der Waals surface area contributed by atoms with E-state index in [9.17, 15) is 37.2 Å². The predicted octanol–water partition coefficient (Wildman–Crippen LogP) is 4.76. The molecule has 3 saturated heterocycles. The van der Waals surface area contributed by atoms with Gasteiger partial charge < -0.3 is 25.4 Å². The van der Waals surface area contributed by atoms with Crippen molar-refractivity contribution in [2.75, 3.05) is 46.5 Å². The summed E-state index contributed by atoms with van der Waals surface area (Å²) in [6, 6.07) is 15.6. The number of aliphatic imine (C=N–C) groups is 1. The summed E-state index contributed by atoms with van der Waals surface area (Å²) in [5, 5.41) is 12.4. The van der Waals surface area contributed by atoms with Gasteiger partial charge in [-0.1, -0.05) is 24.3 Å². The number of piperidine rings is 1. The Labute approximate surface area is 321 Å². The second kappa shape index (κ2) is 16.9. The number of ether oxygens (including phenoxy) is 2. The molecule has 0 saturated carbocycles. The number of nitrogens with one attached hydrogen (secondary N) is 1. The molecule has 0 unspecified atom stereocenters. The van der Waals surface area contributed by atoms with Crippen LogP contribution in [0.15, 0.2) is 89.1 Å². The third-order valence-corrected chi connectivity index (χ3v) is 10.1. The van der Waals surface area contributed by atoms with Gasteiger partial charge >= 0.3 is 6.18 Å². The van der Waals surface area contributed by atoms with E-state index in [1.807, 2.05) is 7.05 Å². The fourth-order valence-electron chi connectivity index (χ4n) is 6.96. The average molecular weight is 776 g/mol. The molecule has 0 aromatic heterocycles. The largest absolute Gasteiger partial charge is 0.492 e. The monoisotopic (exact) mass is 775 g/mol. The molecule has 3 heterocycles. The third kappa shape index (κ3) is 8.53. The van der Waals surface area contributed by atoms with Gasteiger partial charge in [-0.3, -0.25) is 24.2 Å². The highest BCUT2D eigenvalue weighted by Gasteiger charge is 2.47. The number of amides is 3. The Morgan fingerprint density at radius 3 is 2.50 bits per heavy atom.